The molecule has 3 nitrogen and oxygen atoms in total. The lowest BCUT2D eigenvalue weighted by Gasteiger charge is -2.16. The van der Waals surface area contributed by atoms with Crippen LogP contribution >= 0.6 is 27.3 Å². The Labute approximate surface area is 103 Å². The largest absolute Gasteiger partial charge is 0.349 e. The van der Waals surface area contributed by atoms with E-state index in [2.05, 4.69) is 39.7 Å². The van der Waals surface area contributed by atoms with E-state index in [9.17, 15) is 4.79 Å². The summed E-state index contributed by atoms with van der Waals surface area (Å²) in [5, 5.41) is 0.999. The zero-order valence-electron chi connectivity index (χ0n) is 9.16. The molecule has 1 unspecified atom stereocenters. The number of carbonyl (C=O) groups excluding carboxylic acids is 1. The summed E-state index contributed by atoms with van der Waals surface area (Å²) in [7, 11) is 0. The number of carbonyl (C=O) groups is 1. The maximum atomic E-state index is 10.7. The summed E-state index contributed by atoms with van der Waals surface area (Å²) in [5.41, 5.74) is 0.941. The minimum atomic E-state index is -0.223. The number of halogens is 1. The van der Waals surface area contributed by atoms with Crippen molar-refractivity contribution in [1.29, 1.82) is 0 Å². The molecular formula is C10H15BrN2OS. The van der Waals surface area contributed by atoms with Crippen LogP contribution in [0.4, 0.5) is 5.13 Å². The summed E-state index contributed by atoms with van der Waals surface area (Å²) in [6.45, 7) is 8.03. The molecule has 0 aliphatic heterocycles. The molecule has 0 spiro atoms. The molecule has 15 heavy (non-hydrogen) atoms. The molecule has 0 fully saturated rings. The Hall–Kier alpha value is -0.420. The van der Waals surface area contributed by atoms with E-state index in [1.807, 2.05) is 6.92 Å². The Morgan fingerprint density at radius 1 is 1.53 bits per heavy atom. The number of anilines is 1. The van der Waals surface area contributed by atoms with Gasteiger partial charge < -0.3 is 9.69 Å². The molecule has 0 bridgehead atoms. The summed E-state index contributed by atoms with van der Waals surface area (Å²) in [5.74, 6) is 0. The molecule has 0 saturated heterocycles. The van der Waals surface area contributed by atoms with Gasteiger partial charge in [0.25, 0.3) is 0 Å². The average Bonchev–Trinajstić information content (AvgIpc) is 2.61. The number of aldehydes is 1. The van der Waals surface area contributed by atoms with Crippen LogP contribution in [0.1, 0.15) is 29.2 Å². The average molecular weight is 291 g/mol. The minimum Gasteiger partial charge on any atom is -0.349 e. The summed E-state index contributed by atoms with van der Waals surface area (Å²) in [6.07, 6.45) is 0.895. The molecule has 0 aliphatic carbocycles. The molecular weight excluding hydrogens is 276 g/mol. The standard InChI is InChI=1S/C10H15BrN2OS/c1-4-13(5-2)10-12-7(3)9(15-10)8(11)6-14/h6,8H,4-5H2,1-3H3. The third-order valence-electron chi connectivity index (χ3n) is 2.23. The number of hydrogen-bond acceptors (Lipinski definition) is 4. The van der Waals surface area contributed by atoms with E-state index in [4.69, 9.17) is 0 Å². The van der Waals surface area contributed by atoms with Crippen molar-refractivity contribution in [2.75, 3.05) is 18.0 Å². The molecule has 1 aromatic heterocycles. The lowest BCUT2D eigenvalue weighted by molar-refractivity contribution is -0.107. The molecule has 0 aromatic carbocycles. The van der Waals surface area contributed by atoms with E-state index in [0.717, 1.165) is 35.1 Å². The molecule has 84 valence electrons. The fourth-order valence-corrected chi connectivity index (χ4v) is 3.08. The summed E-state index contributed by atoms with van der Waals surface area (Å²) in [4.78, 5) is 18.1. The van der Waals surface area contributed by atoms with Gasteiger partial charge in [-0.15, -0.1) is 11.3 Å². The van der Waals surface area contributed by atoms with Gasteiger partial charge in [0, 0.05) is 13.1 Å². The minimum absolute atomic E-state index is 0.223. The van der Waals surface area contributed by atoms with Gasteiger partial charge in [-0.05, 0) is 20.8 Å². The zero-order chi connectivity index (χ0) is 11.4. The zero-order valence-corrected chi connectivity index (χ0v) is 11.6. The quantitative estimate of drug-likeness (QED) is 0.618. The van der Waals surface area contributed by atoms with Crippen LogP contribution < -0.4 is 4.90 Å². The van der Waals surface area contributed by atoms with Crippen molar-refractivity contribution in [1.82, 2.24) is 4.98 Å². The molecule has 1 atom stereocenters. The predicted octanol–water partition coefficient (Wildman–Crippen LogP) is 2.93. The van der Waals surface area contributed by atoms with Crippen LogP contribution in [-0.4, -0.2) is 24.4 Å². The molecule has 0 amide bonds. The van der Waals surface area contributed by atoms with Gasteiger partial charge in [0.05, 0.1) is 10.6 Å². The molecule has 0 N–H and O–H groups in total. The SMILES string of the molecule is CCN(CC)c1nc(C)c(C(Br)C=O)s1. The number of alkyl halides is 1. The summed E-state index contributed by atoms with van der Waals surface area (Å²) < 4.78 is 0. The van der Waals surface area contributed by atoms with E-state index in [0.29, 0.717) is 0 Å². The van der Waals surface area contributed by atoms with Crippen LogP contribution in [-0.2, 0) is 4.79 Å². The van der Waals surface area contributed by atoms with Crippen LogP contribution in [0.3, 0.4) is 0 Å². The van der Waals surface area contributed by atoms with Crippen molar-refractivity contribution in [3.63, 3.8) is 0 Å². The Morgan fingerprint density at radius 2 is 2.13 bits per heavy atom. The lowest BCUT2D eigenvalue weighted by atomic mass is 10.3. The first-order valence-corrected chi connectivity index (χ1v) is 6.68. The highest BCUT2D eigenvalue weighted by atomic mass is 79.9. The predicted molar refractivity (Wildman–Crippen MR) is 68.1 cm³/mol. The fraction of sp³-hybridized carbons (Fsp3) is 0.600. The Balaban J connectivity index is 2.98. The first-order valence-electron chi connectivity index (χ1n) is 4.95. The maximum absolute atomic E-state index is 10.7. The molecule has 1 rings (SSSR count). The van der Waals surface area contributed by atoms with Gasteiger partial charge in [0.1, 0.15) is 11.1 Å². The molecule has 0 aliphatic rings. The number of aryl methyl sites for hydroxylation is 1. The van der Waals surface area contributed by atoms with Gasteiger partial charge in [-0.1, -0.05) is 15.9 Å². The Kier molecular flexibility index (Phi) is 4.73. The smallest absolute Gasteiger partial charge is 0.185 e. The lowest BCUT2D eigenvalue weighted by Crippen LogP contribution is -2.21. The molecule has 1 aromatic rings. The Morgan fingerprint density at radius 3 is 2.60 bits per heavy atom. The summed E-state index contributed by atoms with van der Waals surface area (Å²) >= 11 is 4.91. The molecule has 5 heteroatoms. The second-order valence-electron chi connectivity index (χ2n) is 3.16. The normalized spacial score (nSPS) is 12.5. The van der Waals surface area contributed by atoms with Gasteiger partial charge in [0.2, 0.25) is 0 Å². The van der Waals surface area contributed by atoms with E-state index in [1.54, 1.807) is 11.3 Å². The Bertz CT molecular complexity index is 336. The van der Waals surface area contributed by atoms with Crippen molar-refractivity contribution in [2.24, 2.45) is 0 Å². The van der Waals surface area contributed by atoms with Crippen molar-refractivity contribution in [3.8, 4) is 0 Å². The van der Waals surface area contributed by atoms with E-state index < -0.39 is 0 Å². The number of aromatic nitrogens is 1. The van der Waals surface area contributed by atoms with Crippen LogP contribution in [0.25, 0.3) is 0 Å². The third-order valence-corrected chi connectivity index (χ3v) is 4.50. The monoisotopic (exact) mass is 290 g/mol. The second kappa shape index (κ2) is 5.61. The van der Waals surface area contributed by atoms with Crippen LogP contribution in [0, 0.1) is 6.92 Å². The highest BCUT2D eigenvalue weighted by molar-refractivity contribution is 9.09. The number of nitrogens with zero attached hydrogens (tertiary/aromatic N) is 2. The first-order chi connectivity index (χ1) is 7.13. The van der Waals surface area contributed by atoms with Crippen LogP contribution in [0.5, 0.6) is 0 Å². The van der Waals surface area contributed by atoms with E-state index in [1.165, 1.54) is 0 Å². The highest BCUT2D eigenvalue weighted by Crippen LogP contribution is 2.33. The fourth-order valence-electron chi connectivity index (χ4n) is 1.34. The van der Waals surface area contributed by atoms with Crippen LogP contribution in [0.15, 0.2) is 0 Å². The van der Waals surface area contributed by atoms with Crippen LogP contribution in [0.2, 0.25) is 0 Å². The van der Waals surface area contributed by atoms with Crippen molar-refractivity contribution in [3.05, 3.63) is 10.6 Å². The number of rotatable bonds is 5. The number of hydrogen-bond donors (Lipinski definition) is 0. The van der Waals surface area contributed by atoms with Crippen molar-refractivity contribution < 1.29 is 4.79 Å². The van der Waals surface area contributed by atoms with Gasteiger partial charge in [-0.2, -0.15) is 0 Å². The number of thiazole rings is 1. The highest BCUT2D eigenvalue weighted by Gasteiger charge is 2.17. The van der Waals surface area contributed by atoms with Gasteiger partial charge >= 0.3 is 0 Å². The van der Waals surface area contributed by atoms with Crippen molar-refractivity contribution in [2.45, 2.75) is 25.6 Å². The topological polar surface area (TPSA) is 33.2 Å². The van der Waals surface area contributed by atoms with Crippen molar-refractivity contribution >= 4 is 38.7 Å². The van der Waals surface area contributed by atoms with Gasteiger partial charge in [0.15, 0.2) is 5.13 Å². The molecule has 0 saturated carbocycles. The van der Waals surface area contributed by atoms with Gasteiger partial charge in [-0.25, -0.2) is 4.98 Å². The molecule has 0 radical (unpaired) electrons. The first kappa shape index (κ1) is 12.6. The van der Waals surface area contributed by atoms with Gasteiger partial charge in [-0.3, -0.25) is 0 Å². The molecule has 1 heterocycles. The third kappa shape index (κ3) is 2.78. The van der Waals surface area contributed by atoms with E-state index in [-0.39, 0.29) is 4.83 Å². The second-order valence-corrected chi connectivity index (χ2v) is 5.15. The summed E-state index contributed by atoms with van der Waals surface area (Å²) in [6, 6.07) is 0. The maximum Gasteiger partial charge on any atom is 0.185 e. The van der Waals surface area contributed by atoms with E-state index >= 15 is 0 Å².